The zero-order chi connectivity index (χ0) is 22.8. The van der Waals surface area contributed by atoms with Crippen LogP contribution in [0.15, 0.2) is 60.6 Å². The Kier molecular flexibility index (Phi) is 6.14. The summed E-state index contributed by atoms with van der Waals surface area (Å²) in [6.07, 6.45) is 9.10. The molecule has 0 radical (unpaired) electrons. The lowest BCUT2D eigenvalue weighted by Crippen LogP contribution is -2.37. The Hall–Kier alpha value is -3.18. The molecule has 5 rings (SSSR count). The van der Waals surface area contributed by atoms with E-state index >= 15 is 0 Å². The highest BCUT2D eigenvalue weighted by atomic mass is 35.5. The average molecular weight is 460 g/mol. The molecule has 1 aliphatic heterocycles. The van der Waals surface area contributed by atoms with Gasteiger partial charge in [0.2, 0.25) is 5.91 Å². The van der Waals surface area contributed by atoms with Crippen molar-refractivity contribution < 1.29 is 9.53 Å². The first-order valence-corrected chi connectivity index (χ1v) is 11.7. The van der Waals surface area contributed by atoms with Gasteiger partial charge in [0.15, 0.2) is 0 Å². The summed E-state index contributed by atoms with van der Waals surface area (Å²) in [5, 5.41) is 0.750. The minimum Gasteiger partial charge on any atom is -0.496 e. The molecule has 168 valence electrons. The van der Waals surface area contributed by atoms with Gasteiger partial charge in [-0.3, -0.25) is 14.8 Å². The number of hydrogen-bond acceptors (Lipinski definition) is 4. The largest absolute Gasteiger partial charge is 0.496 e. The first-order valence-electron chi connectivity index (χ1n) is 11.3. The Labute approximate surface area is 199 Å². The number of amides is 1. The van der Waals surface area contributed by atoms with E-state index in [0.29, 0.717) is 19.5 Å². The fraction of sp³-hybridized carbons (Fsp3) is 0.296. The number of rotatable bonds is 3. The zero-order valence-corrected chi connectivity index (χ0v) is 19.4. The highest BCUT2D eigenvalue weighted by Gasteiger charge is 2.28. The van der Waals surface area contributed by atoms with Crippen LogP contribution in [0.1, 0.15) is 40.8 Å². The monoisotopic (exact) mass is 459 g/mol. The molecule has 1 aliphatic carbocycles. The summed E-state index contributed by atoms with van der Waals surface area (Å²) in [7, 11) is 1.71. The quantitative estimate of drug-likeness (QED) is 0.558. The second-order valence-corrected chi connectivity index (χ2v) is 8.98. The molecule has 3 heterocycles. The van der Waals surface area contributed by atoms with Crippen LogP contribution in [0.2, 0.25) is 5.02 Å². The fourth-order valence-electron chi connectivity index (χ4n) is 4.95. The summed E-state index contributed by atoms with van der Waals surface area (Å²) in [5.41, 5.74) is 8.06. The van der Waals surface area contributed by atoms with Crippen LogP contribution in [-0.4, -0.2) is 41.0 Å². The van der Waals surface area contributed by atoms with E-state index in [0.717, 1.165) is 53.3 Å². The Morgan fingerprint density at radius 2 is 1.94 bits per heavy atom. The van der Waals surface area contributed by atoms with E-state index in [1.807, 2.05) is 35.4 Å². The number of aryl methyl sites for hydroxylation is 1. The maximum absolute atomic E-state index is 12.9. The Morgan fingerprint density at radius 1 is 1.09 bits per heavy atom. The third-order valence-corrected chi connectivity index (χ3v) is 6.84. The van der Waals surface area contributed by atoms with Crippen molar-refractivity contribution >= 4 is 23.1 Å². The molecule has 0 N–H and O–H groups in total. The molecule has 1 fully saturated rings. The number of halogens is 1. The van der Waals surface area contributed by atoms with E-state index in [1.54, 1.807) is 19.5 Å². The summed E-state index contributed by atoms with van der Waals surface area (Å²) < 4.78 is 5.68. The van der Waals surface area contributed by atoms with Crippen molar-refractivity contribution in [1.29, 1.82) is 0 Å². The van der Waals surface area contributed by atoms with Gasteiger partial charge in [-0.05, 0) is 66.6 Å². The van der Waals surface area contributed by atoms with Gasteiger partial charge in [0.1, 0.15) is 5.75 Å². The Balaban J connectivity index is 1.48. The maximum atomic E-state index is 12.9. The SMILES string of the molecule is COc1ccnc2c1CCc1cc(Cl)ccc1C2=C1CCN(C(=O)Cc2cccnc2)CC1. The first kappa shape index (κ1) is 21.7. The third kappa shape index (κ3) is 4.38. The zero-order valence-electron chi connectivity index (χ0n) is 18.7. The minimum atomic E-state index is 0.153. The highest BCUT2D eigenvalue weighted by Crippen LogP contribution is 2.40. The maximum Gasteiger partial charge on any atom is 0.227 e. The van der Waals surface area contributed by atoms with E-state index in [1.165, 1.54) is 22.3 Å². The lowest BCUT2D eigenvalue weighted by Gasteiger charge is -2.30. The van der Waals surface area contributed by atoms with Gasteiger partial charge in [0, 0.05) is 47.8 Å². The number of likely N-dealkylation sites (tertiary alicyclic amines) is 1. The van der Waals surface area contributed by atoms with Gasteiger partial charge in [-0.2, -0.15) is 0 Å². The van der Waals surface area contributed by atoms with Crippen LogP contribution in [0.25, 0.3) is 5.57 Å². The van der Waals surface area contributed by atoms with Crippen LogP contribution in [0.5, 0.6) is 5.75 Å². The van der Waals surface area contributed by atoms with Crippen molar-refractivity contribution in [1.82, 2.24) is 14.9 Å². The normalized spacial score (nSPS) is 15.5. The summed E-state index contributed by atoms with van der Waals surface area (Å²) in [6, 6.07) is 11.9. The topological polar surface area (TPSA) is 55.3 Å². The molecule has 1 saturated heterocycles. The third-order valence-electron chi connectivity index (χ3n) is 6.60. The Morgan fingerprint density at radius 3 is 2.70 bits per heavy atom. The molecular weight excluding hydrogens is 434 g/mol. The predicted molar refractivity (Wildman–Crippen MR) is 129 cm³/mol. The predicted octanol–water partition coefficient (Wildman–Crippen LogP) is 4.90. The number of aromatic nitrogens is 2. The van der Waals surface area contributed by atoms with Gasteiger partial charge in [0.25, 0.3) is 0 Å². The summed E-state index contributed by atoms with van der Waals surface area (Å²) in [6.45, 7) is 1.42. The van der Waals surface area contributed by atoms with E-state index in [9.17, 15) is 4.79 Å². The molecule has 3 aromatic rings. The molecule has 5 nitrogen and oxygen atoms in total. The number of hydrogen-bond donors (Lipinski definition) is 0. The molecule has 0 saturated carbocycles. The minimum absolute atomic E-state index is 0.153. The van der Waals surface area contributed by atoms with Gasteiger partial charge < -0.3 is 9.64 Å². The Bertz CT molecular complexity index is 1210. The van der Waals surface area contributed by atoms with E-state index in [2.05, 4.69) is 17.1 Å². The van der Waals surface area contributed by atoms with Gasteiger partial charge in [-0.15, -0.1) is 0 Å². The van der Waals surface area contributed by atoms with E-state index in [4.69, 9.17) is 21.3 Å². The smallest absolute Gasteiger partial charge is 0.227 e. The van der Waals surface area contributed by atoms with Crippen LogP contribution in [0.3, 0.4) is 0 Å². The van der Waals surface area contributed by atoms with Crippen molar-refractivity contribution in [3.63, 3.8) is 0 Å². The first-order chi connectivity index (χ1) is 16.1. The second kappa shape index (κ2) is 9.36. The highest BCUT2D eigenvalue weighted by molar-refractivity contribution is 6.30. The van der Waals surface area contributed by atoms with Gasteiger partial charge in [0.05, 0.1) is 19.2 Å². The number of benzene rings is 1. The number of fused-ring (bicyclic) bond motifs is 2. The van der Waals surface area contributed by atoms with Crippen molar-refractivity contribution in [2.24, 2.45) is 0 Å². The van der Waals surface area contributed by atoms with Crippen LogP contribution in [0.4, 0.5) is 0 Å². The molecule has 6 heteroatoms. The number of carbonyl (C=O) groups is 1. The second-order valence-electron chi connectivity index (χ2n) is 8.54. The number of piperidine rings is 1. The van der Waals surface area contributed by atoms with Crippen molar-refractivity contribution in [3.8, 4) is 5.75 Å². The number of nitrogens with zero attached hydrogens (tertiary/aromatic N) is 3. The van der Waals surface area contributed by atoms with E-state index in [-0.39, 0.29) is 5.91 Å². The van der Waals surface area contributed by atoms with Crippen LogP contribution >= 0.6 is 11.6 Å². The molecule has 1 aromatic carbocycles. The molecule has 0 bridgehead atoms. The van der Waals surface area contributed by atoms with E-state index < -0.39 is 0 Å². The summed E-state index contributed by atoms with van der Waals surface area (Å²) in [5.74, 6) is 1.03. The molecular formula is C27H26ClN3O2. The molecule has 0 spiro atoms. The van der Waals surface area contributed by atoms with Crippen molar-refractivity contribution in [3.05, 3.63) is 93.5 Å². The molecule has 0 atom stereocenters. The lowest BCUT2D eigenvalue weighted by atomic mass is 9.88. The van der Waals surface area contributed by atoms with Crippen LogP contribution < -0.4 is 4.74 Å². The number of carbonyl (C=O) groups excluding carboxylic acids is 1. The van der Waals surface area contributed by atoms with Crippen molar-refractivity contribution in [2.45, 2.75) is 32.1 Å². The average Bonchev–Trinajstić information content (AvgIpc) is 3.01. The lowest BCUT2D eigenvalue weighted by molar-refractivity contribution is -0.130. The number of ether oxygens (including phenoxy) is 1. The molecule has 2 aliphatic rings. The van der Waals surface area contributed by atoms with Gasteiger partial charge in [-0.25, -0.2) is 0 Å². The number of methoxy groups -OCH3 is 1. The molecule has 0 unspecified atom stereocenters. The molecule has 2 aromatic heterocycles. The standard InChI is InChI=1S/C27H26ClN3O2/c1-33-24-8-12-30-27-23(24)6-4-20-16-21(28)5-7-22(20)26(27)19-9-13-31(14-10-19)25(32)15-18-3-2-11-29-17-18/h2-3,5,7-8,11-12,16-17H,4,6,9-10,13-15H2,1H3. The number of pyridine rings is 2. The van der Waals surface area contributed by atoms with Gasteiger partial charge in [-0.1, -0.05) is 29.3 Å². The molecule has 33 heavy (non-hydrogen) atoms. The summed E-state index contributed by atoms with van der Waals surface area (Å²) in [4.78, 5) is 23.8. The van der Waals surface area contributed by atoms with Gasteiger partial charge >= 0.3 is 0 Å². The fourth-order valence-corrected chi connectivity index (χ4v) is 5.14. The summed E-state index contributed by atoms with van der Waals surface area (Å²) >= 11 is 6.35. The molecule has 1 amide bonds. The van der Waals surface area contributed by atoms with Crippen molar-refractivity contribution in [2.75, 3.05) is 20.2 Å². The van der Waals surface area contributed by atoms with Crippen LogP contribution in [0, 0.1) is 0 Å². The van der Waals surface area contributed by atoms with Crippen LogP contribution in [-0.2, 0) is 24.1 Å².